The lowest BCUT2D eigenvalue weighted by atomic mass is 10.1. The molecule has 4 nitrogen and oxygen atoms in total. The number of pyridine rings is 1. The molecule has 0 fully saturated rings. The van der Waals surface area contributed by atoms with Gasteiger partial charge in [0.2, 0.25) is 0 Å². The lowest BCUT2D eigenvalue weighted by molar-refractivity contribution is 0.0950. The monoisotopic (exact) mass is 367 g/mol. The average Bonchev–Trinajstić information content (AvgIpc) is 2.69. The van der Waals surface area contributed by atoms with Crippen LogP contribution >= 0.6 is 0 Å². The van der Waals surface area contributed by atoms with Gasteiger partial charge < -0.3 is 10.6 Å². The summed E-state index contributed by atoms with van der Waals surface area (Å²) in [5, 5.41) is 5.87. The van der Waals surface area contributed by atoms with Gasteiger partial charge in [-0.2, -0.15) is 0 Å². The van der Waals surface area contributed by atoms with Gasteiger partial charge in [-0.15, -0.1) is 0 Å². The second-order valence-corrected chi connectivity index (χ2v) is 6.01. The molecule has 2 N–H and O–H groups in total. The first kappa shape index (κ1) is 18.5. The number of carbonyl (C=O) groups is 1. The van der Waals surface area contributed by atoms with Gasteiger partial charge in [0, 0.05) is 19.3 Å². The lowest BCUT2D eigenvalue weighted by Crippen LogP contribution is -2.23. The maximum atomic E-state index is 13.6. The first-order valence-corrected chi connectivity index (χ1v) is 8.58. The number of carbonyl (C=O) groups excluding carboxylic acids is 1. The number of halogens is 2. The number of anilines is 1. The fraction of sp³-hybridized carbons (Fsp3) is 0.143. The number of benzene rings is 2. The van der Waals surface area contributed by atoms with E-state index in [1.54, 1.807) is 42.5 Å². The highest BCUT2D eigenvalue weighted by Crippen LogP contribution is 2.09. The number of hydrogen-bond donors (Lipinski definition) is 2. The molecular formula is C21H19F2N3O. The van der Waals surface area contributed by atoms with Crippen molar-refractivity contribution in [1.82, 2.24) is 10.3 Å². The van der Waals surface area contributed by atoms with Gasteiger partial charge in [-0.25, -0.2) is 13.8 Å². The Morgan fingerprint density at radius 1 is 0.963 bits per heavy atom. The van der Waals surface area contributed by atoms with Crippen LogP contribution < -0.4 is 10.6 Å². The highest BCUT2D eigenvalue weighted by Gasteiger charge is 2.06. The molecule has 1 amide bonds. The molecule has 0 bridgehead atoms. The number of hydrogen-bond acceptors (Lipinski definition) is 3. The van der Waals surface area contributed by atoms with Gasteiger partial charge in [-0.05, 0) is 47.9 Å². The van der Waals surface area contributed by atoms with Gasteiger partial charge in [0.05, 0.1) is 5.56 Å². The first-order valence-electron chi connectivity index (χ1n) is 8.58. The number of nitrogens with zero attached hydrogens (tertiary/aromatic N) is 1. The second-order valence-electron chi connectivity index (χ2n) is 6.01. The number of rotatable bonds is 7. The molecule has 1 aromatic heterocycles. The largest absolute Gasteiger partial charge is 0.370 e. The van der Waals surface area contributed by atoms with Crippen LogP contribution in [0.2, 0.25) is 0 Å². The molecule has 0 saturated heterocycles. The summed E-state index contributed by atoms with van der Waals surface area (Å²) in [6.07, 6.45) is 2.01. The minimum atomic E-state index is -0.313. The summed E-state index contributed by atoms with van der Waals surface area (Å²) >= 11 is 0. The number of amides is 1. The minimum absolute atomic E-state index is 0.222. The van der Waals surface area contributed by atoms with Crippen LogP contribution in [0.5, 0.6) is 0 Å². The topological polar surface area (TPSA) is 54.0 Å². The van der Waals surface area contributed by atoms with Crippen molar-refractivity contribution in [2.75, 3.05) is 11.9 Å². The molecule has 0 saturated carbocycles. The molecule has 1 heterocycles. The number of nitrogens with one attached hydrogen (secondary N) is 2. The second kappa shape index (κ2) is 8.89. The van der Waals surface area contributed by atoms with Crippen molar-refractivity contribution >= 4 is 11.7 Å². The van der Waals surface area contributed by atoms with Crippen molar-refractivity contribution < 1.29 is 13.6 Å². The van der Waals surface area contributed by atoms with Crippen LogP contribution in [0, 0.1) is 11.6 Å². The summed E-state index contributed by atoms with van der Waals surface area (Å²) in [6, 6.07) is 16.0. The van der Waals surface area contributed by atoms with Gasteiger partial charge in [0.15, 0.2) is 0 Å². The van der Waals surface area contributed by atoms with Crippen LogP contribution in [0.15, 0.2) is 66.9 Å². The quantitative estimate of drug-likeness (QED) is 0.665. The Kier molecular flexibility index (Phi) is 6.10. The normalized spacial score (nSPS) is 10.4. The Morgan fingerprint density at radius 2 is 1.74 bits per heavy atom. The van der Waals surface area contributed by atoms with Gasteiger partial charge in [-0.3, -0.25) is 4.79 Å². The highest BCUT2D eigenvalue weighted by atomic mass is 19.1. The van der Waals surface area contributed by atoms with E-state index in [9.17, 15) is 13.6 Å². The summed E-state index contributed by atoms with van der Waals surface area (Å²) in [5.41, 5.74) is 1.88. The third-order valence-corrected chi connectivity index (χ3v) is 4.05. The van der Waals surface area contributed by atoms with Gasteiger partial charge >= 0.3 is 0 Å². The summed E-state index contributed by atoms with van der Waals surface area (Å²) in [4.78, 5) is 16.4. The van der Waals surface area contributed by atoms with Crippen LogP contribution in [0.1, 0.15) is 21.5 Å². The van der Waals surface area contributed by atoms with Crippen molar-refractivity contribution in [2.45, 2.75) is 13.0 Å². The van der Waals surface area contributed by atoms with Crippen LogP contribution in [0.3, 0.4) is 0 Å². The third kappa shape index (κ3) is 5.34. The van der Waals surface area contributed by atoms with E-state index in [4.69, 9.17) is 0 Å². The SMILES string of the molecule is O=C(NCc1ccc(F)cc1)c1ccc(NCCc2ccccc2F)nc1. The standard InChI is InChI=1S/C21H19F2N3O/c22-18-8-5-15(6-9-18)13-26-21(27)17-7-10-20(25-14-17)24-12-11-16-3-1-2-4-19(16)23/h1-10,14H,11-13H2,(H,24,25)(H,26,27). The molecule has 0 aliphatic carbocycles. The minimum Gasteiger partial charge on any atom is -0.370 e. The first-order chi connectivity index (χ1) is 13.1. The molecule has 3 aromatic rings. The van der Waals surface area contributed by atoms with E-state index in [1.807, 2.05) is 0 Å². The summed E-state index contributed by atoms with van der Waals surface area (Å²) in [7, 11) is 0. The van der Waals surface area contributed by atoms with Gasteiger partial charge in [-0.1, -0.05) is 30.3 Å². The molecule has 0 atom stereocenters. The predicted octanol–water partition coefficient (Wildman–Crippen LogP) is 3.94. The Balaban J connectivity index is 1.48. The maximum Gasteiger partial charge on any atom is 0.253 e. The van der Waals surface area contributed by atoms with Crippen molar-refractivity contribution in [2.24, 2.45) is 0 Å². The lowest BCUT2D eigenvalue weighted by Gasteiger charge is -2.08. The third-order valence-electron chi connectivity index (χ3n) is 4.05. The molecular weight excluding hydrogens is 348 g/mol. The zero-order chi connectivity index (χ0) is 19.1. The Hall–Kier alpha value is -3.28. The predicted molar refractivity (Wildman–Crippen MR) is 100 cm³/mol. The van der Waals surface area contributed by atoms with E-state index in [0.29, 0.717) is 36.5 Å². The van der Waals surface area contributed by atoms with E-state index in [-0.39, 0.29) is 17.5 Å². The zero-order valence-electron chi connectivity index (χ0n) is 14.6. The molecule has 0 unspecified atom stereocenters. The molecule has 138 valence electrons. The van der Waals surface area contributed by atoms with Crippen LogP contribution in [0.4, 0.5) is 14.6 Å². The van der Waals surface area contributed by atoms with E-state index < -0.39 is 0 Å². The van der Waals surface area contributed by atoms with Gasteiger partial charge in [0.1, 0.15) is 17.5 Å². The van der Waals surface area contributed by atoms with Crippen LogP contribution in [0.25, 0.3) is 0 Å². The van der Waals surface area contributed by atoms with E-state index in [2.05, 4.69) is 15.6 Å². The van der Waals surface area contributed by atoms with Crippen LogP contribution in [-0.4, -0.2) is 17.4 Å². The molecule has 2 aromatic carbocycles. The highest BCUT2D eigenvalue weighted by molar-refractivity contribution is 5.94. The van der Waals surface area contributed by atoms with Crippen molar-refractivity contribution in [3.8, 4) is 0 Å². The average molecular weight is 367 g/mol. The van der Waals surface area contributed by atoms with Crippen molar-refractivity contribution in [3.05, 3.63) is 95.2 Å². The number of aromatic nitrogens is 1. The molecule has 27 heavy (non-hydrogen) atoms. The maximum absolute atomic E-state index is 13.6. The van der Waals surface area contributed by atoms with E-state index >= 15 is 0 Å². The Bertz CT molecular complexity index is 896. The summed E-state index contributed by atoms with van der Waals surface area (Å²) < 4.78 is 26.4. The zero-order valence-corrected chi connectivity index (χ0v) is 14.6. The van der Waals surface area contributed by atoms with E-state index in [1.165, 1.54) is 24.4 Å². The van der Waals surface area contributed by atoms with Crippen LogP contribution in [-0.2, 0) is 13.0 Å². The summed E-state index contributed by atoms with van der Waals surface area (Å²) in [5.74, 6) is -0.182. The smallest absolute Gasteiger partial charge is 0.253 e. The fourth-order valence-electron chi connectivity index (χ4n) is 2.55. The molecule has 6 heteroatoms. The van der Waals surface area contributed by atoms with E-state index in [0.717, 1.165) is 5.56 Å². The van der Waals surface area contributed by atoms with Crippen molar-refractivity contribution in [1.29, 1.82) is 0 Å². The molecule has 3 rings (SSSR count). The molecule has 0 radical (unpaired) electrons. The molecule has 0 aliphatic rings. The Morgan fingerprint density at radius 3 is 2.44 bits per heavy atom. The van der Waals surface area contributed by atoms with Gasteiger partial charge in [0.25, 0.3) is 5.91 Å². The molecule has 0 spiro atoms. The Labute approximate surface area is 156 Å². The molecule has 0 aliphatic heterocycles. The summed E-state index contributed by atoms with van der Waals surface area (Å²) in [6.45, 7) is 0.839. The fourth-order valence-corrected chi connectivity index (χ4v) is 2.55. The van der Waals surface area contributed by atoms with Crippen molar-refractivity contribution in [3.63, 3.8) is 0 Å².